The Bertz CT molecular complexity index is 1220. The molecular formula is C20H17N3O3S2. The second-order valence-corrected chi connectivity index (χ2v) is 7.82. The lowest BCUT2D eigenvalue weighted by Gasteiger charge is -2.02. The summed E-state index contributed by atoms with van der Waals surface area (Å²) in [5.41, 5.74) is 0.702. The molecule has 3 heterocycles. The molecule has 0 radical (unpaired) electrons. The molecule has 8 heteroatoms. The predicted octanol–water partition coefficient (Wildman–Crippen LogP) is 1.88. The molecule has 3 aromatic heterocycles. The zero-order chi connectivity index (χ0) is 20.1. The second kappa shape index (κ2) is 8.69. The zero-order valence-electron chi connectivity index (χ0n) is 15.1. The van der Waals surface area contributed by atoms with Gasteiger partial charge in [-0.1, -0.05) is 6.08 Å². The molecule has 0 aliphatic carbocycles. The lowest BCUT2D eigenvalue weighted by Crippen LogP contribution is -2.34. The predicted molar refractivity (Wildman–Crippen MR) is 110 cm³/mol. The van der Waals surface area contributed by atoms with Gasteiger partial charge in [0.2, 0.25) is 0 Å². The summed E-state index contributed by atoms with van der Waals surface area (Å²) in [5, 5.41) is 14.2. The molecule has 0 atom stereocenters. The van der Waals surface area contributed by atoms with Crippen molar-refractivity contribution >= 4 is 40.2 Å². The average molecular weight is 412 g/mol. The van der Waals surface area contributed by atoms with E-state index in [1.54, 1.807) is 24.3 Å². The molecule has 1 amide bonds. The quantitative estimate of drug-likeness (QED) is 0.628. The first-order valence-corrected chi connectivity index (χ1v) is 10.1. The third-order valence-corrected chi connectivity index (χ3v) is 6.04. The van der Waals surface area contributed by atoms with Crippen molar-refractivity contribution in [2.75, 3.05) is 0 Å². The van der Waals surface area contributed by atoms with E-state index < -0.39 is 5.91 Å². The van der Waals surface area contributed by atoms with Gasteiger partial charge < -0.3 is 9.73 Å². The lowest BCUT2D eigenvalue weighted by molar-refractivity contribution is -0.115. The molecule has 0 saturated heterocycles. The van der Waals surface area contributed by atoms with Crippen molar-refractivity contribution < 1.29 is 9.21 Å². The number of hydrogen-bond acceptors (Lipinski definition) is 6. The molecule has 0 aliphatic heterocycles. The second-order valence-electron chi connectivity index (χ2n) is 5.84. The molecule has 0 bridgehead atoms. The van der Waals surface area contributed by atoms with Crippen molar-refractivity contribution in [1.82, 2.24) is 9.88 Å². The molecule has 6 nitrogen and oxygen atoms in total. The average Bonchev–Trinajstić information content (AvgIpc) is 3.40. The first-order valence-electron chi connectivity index (χ1n) is 8.36. The van der Waals surface area contributed by atoms with Crippen LogP contribution in [0.2, 0.25) is 0 Å². The maximum Gasteiger partial charge on any atom is 0.269 e. The number of allylic oxidation sites excluding steroid dienone is 1. The Balaban J connectivity index is 2.10. The van der Waals surface area contributed by atoms with Crippen molar-refractivity contribution in [1.29, 1.82) is 5.26 Å². The highest BCUT2D eigenvalue weighted by Gasteiger charge is 2.16. The summed E-state index contributed by atoms with van der Waals surface area (Å²) in [4.78, 5) is 26.4. The number of nitriles is 1. The number of nitrogens with one attached hydrogen (secondary N) is 1. The molecule has 3 aromatic rings. The number of carbonyl (C=O) groups is 1. The summed E-state index contributed by atoms with van der Waals surface area (Å²) in [6.07, 6.45) is 4.87. The Morgan fingerprint density at radius 3 is 2.89 bits per heavy atom. The molecule has 142 valence electrons. The van der Waals surface area contributed by atoms with Crippen molar-refractivity contribution in [3.8, 4) is 6.07 Å². The molecule has 0 spiro atoms. The number of thiazole rings is 1. The molecule has 0 aromatic carbocycles. The van der Waals surface area contributed by atoms with Gasteiger partial charge in [0.05, 0.1) is 17.3 Å². The van der Waals surface area contributed by atoms with E-state index in [2.05, 4.69) is 11.9 Å². The fraction of sp³-hybridized carbons (Fsp3) is 0.150. The number of thiophene rings is 1. The topological polar surface area (TPSA) is 88.0 Å². The van der Waals surface area contributed by atoms with Gasteiger partial charge in [-0.15, -0.1) is 29.3 Å². The molecule has 1 N–H and O–H groups in total. The fourth-order valence-corrected chi connectivity index (χ4v) is 4.54. The van der Waals surface area contributed by atoms with E-state index in [0.29, 0.717) is 15.0 Å². The van der Waals surface area contributed by atoms with Gasteiger partial charge >= 0.3 is 0 Å². The number of aryl methyl sites for hydroxylation is 1. The van der Waals surface area contributed by atoms with Crippen molar-refractivity contribution in [3.63, 3.8) is 0 Å². The van der Waals surface area contributed by atoms with E-state index in [-0.39, 0.29) is 24.2 Å². The van der Waals surface area contributed by atoms with Gasteiger partial charge in [-0.05, 0) is 42.1 Å². The normalized spacial score (nSPS) is 12.5. The zero-order valence-corrected chi connectivity index (χ0v) is 16.7. The van der Waals surface area contributed by atoms with E-state index in [9.17, 15) is 14.9 Å². The third-order valence-electron chi connectivity index (χ3n) is 3.94. The van der Waals surface area contributed by atoms with E-state index in [1.807, 2.05) is 24.4 Å². The minimum absolute atomic E-state index is 0.113. The van der Waals surface area contributed by atoms with Crippen LogP contribution in [0.15, 0.2) is 51.7 Å². The van der Waals surface area contributed by atoms with Gasteiger partial charge in [-0.25, -0.2) is 0 Å². The highest BCUT2D eigenvalue weighted by Crippen LogP contribution is 2.15. The largest absolute Gasteiger partial charge is 0.467 e. The van der Waals surface area contributed by atoms with E-state index in [4.69, 9.17) is 4.42 Å². The minimum Gasteiger partial charge on any atom is -0.467 e. The highest BCUT2D eigenvalue weighted by molar-refractivity contribution is 7.11. The van der Waals surface area contributed by atoms with E-state index >= 15 is 0 Å². The standard InChI is InChI=1S/C20H17N3O3S2/c1-3-7-23-19(25)17(10-16-13(2)6-9-27-16)28-20(23)15(11-21)18(24)22-12-14-5-4-8-26-14/h3-6,8-10H,1,7,12H2,2H3,(H,22,24)/b17-10+,20-15-. The van der Waals surface area contributed by atoms with Crippen LogP contribution in [0.3, 0.4) is 0 Å². The van der Waals surface area contributed by atoms with Gasteiger partial charge in [-0.2, -0.15) is 5.26 Å². The van der Waals surface area contributed by atoms with Crippen molar-refractivity contribution in [2.45, 2.75) is 20.0 Å². The molecule has 28 heavy (non-hydrogen) atoms. The van der Waals surface area contributed by atoms with Crippen molar-refractivity contribution in [2.24, 2.45) is 0 Å². The number of carbonyl (C=O) groups excluding carboxylic acids is 1. The third kappa shape index (κ3) is 4.06. The number of hydrogen-bond donors (Lipinski definition) is 1. The highest BCUT2D eigenvalue weighted by atomic mass is 32.1. The van der Waals surface area contributed by atoms with Gasteiger partial charge in [0, 0.05) is 11.4 Å². The summed E-state index contributed by atoms with van der Waals surface area (Å²) >= 11 is 2.66. The fourth-order valence-electron chi connectivity index (χ4n) is 2.52. The van der Waals surface area contributed by atoms with E-state index in [0.717, 1.165) is 21.8 Å². The first-order chi connectivity index (χ1) is 13.5. The molecule has 0 aliphatic rings. The van der Waals surface area contributed by atoms with Crippen LogP contribution in [0.5, 0.6) is 0 Å². The number of aromatic nitrogens is 1. The molecule has 0 saturated carbocycles. The van der Waals surface area contributed by atoms with Crippen LogP contribution in [0.25, 0.3) is 11.6 Å². The Hall–Kier alpha value is -3.15. The molecule has 0 unspecified atom stereocenters. The first kappa shape index (κ1) is 19.6. The van der Waals surface area contributed by atoms with Gasteiger partial charge in [-0.3, -0.25) is 14.2 Å². The minimum atomic E-state index is -0.559. The maximum atomic E-state index is 12.8. The number of nitrogens with zero attached hydrogens (tertiary/aromatic N) is 2. The summed E-state index contributed by atoms with van der Waals surface area (Å²) < 4.78 is 7.36. The lowest BCUT2D eigenvalue weighted by atomic mass is 10.3. The summed E-state index contributed by atoms with van der Waals surface area (Å²) in [6.45, 7) is 6.00. The summed E-state index contributed by atoms with van der Waals surface area (Å²) in [6, 6.07) is 7.35. The Labute approximate surface area is 169 Å². The van der Waals surface area contributed by atoms with Crippen LogP contribution in [0.4, 0.5) is 0 Å². The van der Waals surface area contributed by atoms with Crippen LogP contribution in [0, 0.1) is 18.3 Å². The van der Waals surface area contributed by atoms with Gasteiger partial charge in [0.15, 0.2) is 5.57 Å². The van der Waals surface area contributed by atoms with Crippen LogP contribution in [0.1, 0.15) is 16.2 Å². The monoisotopic (exact) mass is 411 g/mol. The van der Waals surface area contributed by atoms with Gasteiger partial charge in [0.25, 0.3) is 11.5 Å². The molecule has 0 fully saturated rings. The van der Waals surface area contributed by atoms with Crippen LogP contribution in [-0.4, -0.2) is 10.5 Å². The Kier molecular flexibility index (Phi) is 6.09. The molecular weight excluding hydrogens is 394 g/mol. The number of rotatable bonds is 6. The van der Waals surface area contributed by atoms with E-state index in [1.165, 1.54) is 22.2 Å². The smallest absolute Gasteiger partial charge is 0.269 e. The van der Waals surface area contributed by atoms with Gasteiger partial charge in [0.1, 0.15) is 16.5 Å². The summed E-state index contributed by atoms with van der Waals surface area (Å²) in [5.74, 6) is 0.0133. The maximum absolute atomic E-state index is 12.8. The number of furan rings is 1. The number of amides is 1. The SMILES string of the molecule is C=CCn1c(=O)/c(=C\c2sccc2C)s/c1=C(/C#N)C(=O)NCc1ccco1. The van der Waals surface area contributed by atoms with Crippen LogP contribution >= 0.6 is 22.7 Å². The van der Waals surface area contributed by atoms with Crippen LogP contribution in [-0.2, 0) is 17.9 Å². The Morgan fingerprint density at radius 1 is 1.46 bits per heavy atom. The summed E-state index contributed by atoms with van der Waals surface area (Å²) in [7, 11) is 0. The molecule has 3 rings (SSSR count). The van der Waals surface area contributed by atoms with Crippen LogP contribution < -0.4 is 20.1 Å². The Morgan fingerprint density at radius 2 is 2.29 bits per heavy atom. The van der Waals surface area contributed by atoms with Crippen molar-refractivity contribution in [3.05, 3.63) is 78.2 Å².